The first kappa shape index (κ1) is 18.3. The van der Waals surface area contributed by atoms with E-state index in [4.69, 9.17) is 10.2 Å². The van der Waals surface area contributed by atoms with Crippen LogP contribution in [0.2, 0.25) is 0 Å². The molecule has 4 atom stereocenters. The lowest BCUT2D eigenvalue weighted by Gasteiger charge is -2.24. The van der Waals surface area contributed by atoms with Gasteiger partial charge in [-0.15, -0.1) is 0 Å². The van der Waals surface area contributed by atoms with Crippen molar-refractivity contribution in [2.75, 3.05) is 0 Å². The number of carbonyl (C=O) groups excluding carboxylic acids is 1. The van der Waals surface area contributed by atoms with E-state index in [1.54, 1.807) is 12.5 Å². The molecule has 1 rings (SSSR count). The molecule has 0 aliphatic carbocycles. The van der Waals surface area contributed by atoms with Crippen LogP contribution in [0, 0.1) is 0 Å². The Balaban J connectivity index is 0.000000595. The van der Waals surface area contributed by atoms with Crippen molar-refractivity contribution in [3.63, 3.8) is 0 Å². The fraction of sp³-hybridized carbons (Fsp3) is 0.462. The molecule has 0 spiro atoms. The zero-order chi connectivity index (χ0) is 15.7. The highest BCUT2D eigenvalue weighted by atomic mass is 16.4. The van der Waals surface area contributed by atoms with E-state index >= 15 is 0 Å². The number of aliphatic hydroxyl groups excluding tert-OH is 5. The van der Waals surface area contributed by atoms with Gasteiger partial charge in [0.1, 0.15) is 30.2 Å². The fourth-order valence-electron chi connectivity index (χ4n) is 1.15. The maximum Gasteiger partial charge on any atom is 0.151 e. The lowest BCUT2D eigenvalue weighted by Crippen LogP contribution is -2.45. The molecule has 0 bridgehead atoms. The third kappa shape index (κ3) is 5.98. The molecule has 0 radical (unpaired) electrons. The Morgan fingerprint density at radius 1 is 1.05 bits per heavy atom. The summed E-state index contributed by atoms with van der Waals surface area (Å²) < 4.78 is 4.58. The smallest absolute Gasteiger partial charge is 0.151 e. The second-order valence-corrected chi connectivity index (χ2v) is 4.23. The number of rotatable bonds is 5. The highest BCUT2D eigenvalue weighted by Gasteiger charge is 2.32. The van der Waals surface area contributed by atoms with Crippen molar-refractivity contribution in [1.82, 2.24) is 0 Å². The second kappa shape index (κ2) is 9.27. The maximum atomic E-state index is 10.1. The second-order valence-electron chi connectivity index (χ2n) is 4.23. The minimum absolute atomic E-state index is 0.0279. The first-order valence-corrected chi connectivity index (χ1v) is 5.84. The molecule has 0 saturated carbocycles. The molecule has 5 N–H and O–H groups in total. The predicted molar refractivity (Wildman–Crippen MR) is 69.8 cm³/mol. The Morgan fingerprint density at radius 3 is 1.85 bits per heavy atom. The molecule has 0 amide bonds. The van der Waals surface area contributed by atoms with Crippen LogP contribution in [0.4, 0.5) is 0 Å². The summed E-state index contributed by atoms with van der Waals surface area (Å²) in [6, 6.07) is 3.67. The van der Waals surface area contributed by atoms with Crippen LogP contribution in [0.15, 0.2) is 40.4 Å². The minimum Gasteiger partial charge on any atom is -0.510 e. The monoisotopic (exact) mass is 288 g/mol. The van der Waals surface area contributed by atoms with Crippen molar-refractivity contribution in [2.45, 2.75) is 38.3 Å². The summed E-state index contributed by atoms with van der Waals surface area (Å²) in [6.07, 6.45) is -3.95. The van der Waals surface area contributed by atoms with Crippen molar-refractivity contribution in [3.8, 4) is 0 Å². The number of aldehydes is 1. The molecule has 7 nitrogen and oxygen atoms in total. The van der Waals surface area contributed by atoms with Crippen molar-refractivity contribution in [3.05, 3.63) is 36.0 Å². The summed E-state index contributed by atoms with van der Waals surface area (Å²) in [5.41, 5.74) is 0.356. The normalized spacial score (nSPS) is 16.1. The van der Waals surface area contributed by atoms with Crippen molar-refractivity contribution >= 4 is 6.29 Å². The van der Waals surface area contributed by atoms with E-state index in [9.17, 15) is 20.1 Å². The number of aliphatic hydroxyl groups is 5. The van der Waals surface area contributed by atoms with Crippen LogP contribution in [0.25, 0.3) is 0 Å². The van der Waals surface area contributed by atoms with Crippen LogP contribution in [0.5, 0.6) is 0 Å². The molecular weight excluding hydrogens is 268 g/mol. The molecular formula is C13H20O7. The van der Waals surface area contributed by atoms with Crippen LogP contribution < -0.4 is 0 Å². The van der Waals surface area contributed by atoms with Gasteiger partial charge >= 0.3 is 0 Å². The van der Waals surface area contributed by atoms with Gasteiger partial charge in [-0.1, -0.05) is 0 Å². The Morgan fingerprint density at radius 2 is 1.55 bits per heavy atom. The number of carbonyl (C=O) groups is 1. The van der Waals surface area contributed by atoms with E-state index in [-0.39, 0.29) is 6.29 Å². The summed E-state index contributed by atoms with van der Waals surface area (Å²) in [5.74, 6) is -0.500. The fourth-order valence-corrected chi connectivity index (χ4v) is 1.15. The van der Waals surface area contributed by atoms with Gasteiger partial charge in [0, 0.05) is 0 Å². The molecule has 7 heteroatoms. The summed E-state index contributed by atoms with van der Waals surface area (Å²) in [6.45, 7) is 2.99. The predicted octanol–water partition coefficient (Wildman–Crippen LogP) is -0.240. The lowest BCUT2D eigenvalue weighted by molar-refractivity contribution is -0.133. The topological polar surface area (TPSA) is 131 Å². The minimum atomic E-state index is -1.85. The Bertz CT molecular complexity index is 378. The van der Waals surface area contributed by atoms with Gasteiger partial charge in [-0.3, -0.25) is 0 Å². The number of hydrogen-bond donors (Lipinski definition) is 5. The van der Waals surface area contributed by atoms with Gasteiger partial charge in [-0.05, 0) is 31.6 Å². The van der Waals surface area contributed by atoms with Crippen LogP contribution in [0.3, 0.4) is 0 Å². The molecule has 0 aliphatic rings. The third-order valence-corrected chi connectivity index (χ3v) is 2.38. The maximum absolute atomic E-state index is 10.1. The standard InChI is InChI=1S/C9H16O6.C4H4O/c1-4(2)6(12)8(14)9(15)7(13)5(11)3-10;1-2-4-5-3-1/h3,5,7-9,11-15H,1-2H3;1-4H. The van der Waals surface area contributed by atoms with Crippen LogP contribution in [-0.2, 0) is 4.79 Å². The van der Waals surface area contributed by atoms with E-state index in [0.717, 1.165) is 0 Å². The van der Waals surface area contributed by atoms with E-state index in [1.165, 1.54) is 13.8 Å². The van der Waals surface area contributed by atoms with E-state index in [2.05, 4.69) is 4.42 Å². The SMILES string of the molecule is CC(C)=C(O)C(O)C(O)C(O)C(O)C=O.c1ccoc1. The lowest BCUT2D eigenvalue weighted by atomic mass is 10.0. The van der Waals surface area contributed by atoms with E-state index < -0.39 is 30.2 Å². The van der Waals surface area contributed by atoms with Gasteiger partial charge in [0.2, 0.25) is 0 Å². The summed E-state index contributed by atoms with van der Waals surface area (Å²) in [4.78, 5) is 10.1. The zero-order valence-electron chi connectivity index (χ0n) is 11.2. The first-order chi connectivity index (χ1) is 9.32. The Kier molecular flexibility index (Phi) is 8.49. The summed E-state index contributed by atoms with van der Waals surface area (Å²) in [7, 11) is 0. The molecule has 20 heavy (non-hydrogen) atoms. The molecule has 0 aromatic carbocycles. The highest BCUT2D eigenvalue weighted by molar-refractivity contribution is 5.56. The van der Waals surface area contributed by atoms with Crippen molar-refractivity contribution in [1.29, 1.82) is 0 Å². The molecule has 0 fully saturated rings. The van der Waals surface area contributed by atoms with Gasteiger partial charge in [-0.25, -0.2) is 0 Å². The van der Waals surface area contributed by atoms with Gasteiger partial charge in [-0.2, -0.15) is 0 Å². The third-order valence-electron chi connectivity index (χ3n) is 2.38. The van der Waals surface area contributed by atoms with Gasteiger partial charge < -0.3 is 34.7 Å². The van der Waals surface area contributed by atoms with Gasteiger partial charge in [0.15, 0.2) is 6.29 Å². The first-order valence-electron chi connectivity index (χ1n) is 5.84. The Hall–Kier alpha value is -1.67. The van der Waals surface area contributed by atoms with Crippen LogP contribution >= 0.6 is 0 Å². The van der Waals surface area contributed by atoms with Gasteiger partial charge in [0.05, 0.1) is 12.5 Å². The van der Waals surface area contributed by atoms with Gasteiger partial charge in [0.25, 0.3) is 0 Å². The molecule has 0 aliphatic heterocycles. The highest BCUT2D eigenvalue weighted by Crippen LogP contribution is 2.12. The molecule has 1 heterocycles. The van der Waals surface area contributed by atoms with Crippen molar-refractivity contribution < 1.29 is 34.7 Å². The summed E-state index contributed by atoms with van der Waals surface area (Å²) >= 11 is 0. The Labute approximate surface area is 116 Å². The number of allylic oxidation sites excluding steroid dienone is 1. The molecule has 4 unspecified atom stereocenters. The molecule has 114 valence electrons. The zero-order valence-corrected chi connectivity index (χ0v) is 11.2. The average molecular weight is 288 g/mol. The largest absolute Gasteiger partial charge is 0.510 e. The van der Waals surface area contributed by atoms with Crippen LogP contribution in [-0.4, -0.2) is 56.2 Å². The van der Waals surface area contributed by atoms with Crippen molar-refractivity contribution in [2.24, 2.45) is 0 Å². The molecule has 1 aromatic heterocycles. The van der Waals surface area contributed by atoms with E-state index in [0.29, 0.717) is 5.57 Å². The quantitative estimate of drug-likeness (QED) is 0.373. The summed E-state index contributed by atoms with van der Waals surface area (Å²) in [5, 5.41) is 45.9. The molecule has 0 saturated heterocycles. The number of hydrogen-bond acceptors (Lipinski definition) is 7. The average Bonchev–Trinajstić information content (AvgIpc) is 3.02. The van der Waals surface area contributed by atoms with E-state index in [1.807, 2.05) is 12.1 Å². The molecule has 1 aromatic rings. The number of furan rings is 1. The van der Waals surface area contributed by atoms with Crippen LogP contribution in [0.1, 0.15) is 13.8 Å².